The number of rotatable bonds is 9. The van der Waals surface area contributed by atoms with Crippen LogP contribution in [0.25, 0.3) is 0 Å². The molecule has 0 aliphatic heterocycles. The number of methoxy groups -OCH3 is 2. The summed E-state index contributed by atoms with van der Waals surface area (Å²) in [5.74, 6) is 7.05. The highest BCUT2D eigenvalue weighted by molar-refractivity contribution is 5.58. The van der Waals surface area contributed by atoms with Crippen molar-refractivity contribution in [2.45, 2.75) is 26.3 Å². The molecule has 114 valence electrons. The van der Waals surface area contributed by atoms with Crippen LogP contribution in [0.3, 0.4) is 0 Å². The Bertz CT molecular complexity index is 402. The summed E-state index contributed by atoms with van der Waals surface area (Å²) in [6.07, 6.45) is 2.31. The van der Waals surface area contributed by atoms with Crippen LogP contribution in [0.15, 0.2) is 6.33 Å². The summed E-state index contributed by atoms with van der Waals surface area (Å²) in [7, 11) is 3.38. The van der Waals surface area contributed by atoms with Gasteiger partial charge in [0.2, 0.25) is 0 Å². The van der Waals surface area contributed by atoms with Crippen LogP contribution in [0.4, 0.5) is 11.6 Å². The molecule has 0 aliphatic rings. The van der Waals surface area contributed by atoms with E-state index in [2.05, 4.69) is 34.1 Å². The first-order valence-corrected chi connectivity index (χ1v) is 6.74. The van der Waals surface area contributed by atoms with Crippen molar-refractivity contribution in [2.75, 3.05) is 44.3 Å². The first-order chi connectivity index (χ1) is 9.69. The molecule has 0 aromatic carbocycles. The summed E-state index contributed by atoms with van der Waals surface area (Å²) < 4.78 is 10.4. The number of hydrogen-bond acceptors (Lipinski definition) is 7. The van der Waals surface area contributed by atoms with Gasteiger partial charge in [0.25, 0.3) is 0 Å². The van der Waals surface area contributed by atoms with Crippen LogP contribution < -0.4 is 16.2 Å². The minimum absolute atomic E-state index is 0.181. The standard InChI is InChI=1S/C13H25N5O2/c1-5-11-12(17-14)15-9-16-13(11)18(6-7-19-3)10(2)8-20-4/h9-10H,5-8,14H2,1-4H3,(H,15,16,17). The third kappa shape index (κ3) is 4.03. The van der Waals surface area contributed by atoms with Crippen molar-refractivity contribution >= 4 is 11.6 Å². The van der Waals surface area contributed by atoms with Crippen molar-refractivity contribution in [3.63, 3.8) is 0 Å². The van der Waals surface area contributed by atoms with Crippen LogP contribution in [0.5, 0.6) is 0 Å². The average Bonchev–Trinajstić information content (AvgIpc) is 2.47. The number of anilines is 2. The summed E-state index contributed by atoms with van der Waals surface area (Å²) in [6.45, 7) is 6.11. The van der Waals surface area contributed by atoms with E-state index in [1.54, 1.807) is 14.2 Å². The van der Waals surface area contributed by atoms with Crippen molar-refractivity contribution in [2.24, 2.45) is 5.84 Å². The fourth-order valence-corrected chi connectivity index (χ4v) is 2.16. The zero-order chi connectivity index (χ0) is 15.0. The molecule has 0 saturated heterocycles. The zero-order valence-corrected chi connectivity index (χ0v) is 12.7. The van der Waals surface area contributed by atoms with E-state index in [4.69, 9.17) is 15.3 Å². The number of aromatic nitrogens is 2. The van der Waals surface area contributed by atoms with Crippen LogP contribution in [-0.2, 0) is 15.9 Å². The third-order valence-corrected chi connectivity index (χ3v) is 3.16. The van der Waals surface area contributed by atoms with Gasteiger partial charge in [-0.1, -0.05) is 6.92 Å². The smallest absolute Gasteiger partial charge is 0.148 e. The predicted octanol–water partition coefficient (Wildman–Crippen LogP) is 0.812. The lowest BCUT2D eigenvalue weighted by Crippen LogP contribution is -2.40. The van der Waals surface area contributed by atoms with Gasteiger partial charge in [-0.25, -0.2) is 15.8 Å². The lowest BCUT2D eigenvalue weighted by atomic mass is 10.1. The molecule has 20 heavy (non-hydrogen) atoms. The molecule has 1 atom stereocenters. The summed E-state index contributed by atoms with van der Waals surface area (Å²) in [4.78, 5) is 10.7. The quantitative estimate of drug-likeness (QED) is 0.512. The van der Waals surface area contributed by atoms with Crippen molar-refractivity contribution in [1.29, 1.82) is 0 Å². The van der Waals surface area contributed by atoms with E-state index in [0.717, 1.165) is 24.3 Å². The first-order valence-electron chi connectivity index (χ1n) is 6.74. The van der Waals surface area contributed by atoms with Gasteiger partial charge in [-0.2, -0.15) is 0 Å². The van der Waals surface area contributed by atoms with E-state index in [9.17, 15) is 0 Å². The second-order valence-electron chi connectivity index (χ2n) is 4.51. The molecule has 3 N–H and O–H groups in total. The molecule has 1 aromatic heterocycles. The summed E-state index contributed by atoms with van der Waals surface area (Å²) in [6, 6.07) is 0.181. The number of hydrogen-bond donors (Lipinski definition) is 2. The van der Waals surface area contributed by atoms with Gasteiger partial charge in [0.15, 0.2) is 0 Å². The van der Waals surface area contributed by atoms with Crippen molar-refractivity contribution in [3.05, 3.63) is 11.9 Å². The average molecular weight is 283 g/mol. The zero-order valence-electron chi connectivity index (χ0n) is 12.7. The molecule has 7 heteroatoms. The Hall–Kier alpha value is -1.44. The maximum Gasteiger partial charge on any atom is 0.148 e. The molecule has 7 nitrogen and oxygen atoms in total. The molecule has 0 radical (unpaired) electrons. The van der Waals surface area contributed by atoms with Gasteiger partial charge in [-0.15, -0.1) is 0 Å². The maximum absolute atomic E-state index is 5.52. The van der Waals surface area contributed by atoms with Gasteiger partial charge in [0.1, 0.15) is 18.0 Å². The Kier molecular flexibility index (Phi) is 7.21. The highest BCUT2D eigenvalue weighted by atomic mass is 16.5. The fourth-order valence-electron chi connectivity index (χ4n) is 2.16. The number of nitrogen functional groups attached to an aromatic ring is 1. The number of nitrogens with zero attached hydrogens (tertiary/aromatic N) is 3. The lowest BCUT2D eigenvalue weighted by molar-refractivity contribution is 0.170. The number of nitrogens with two attached hydrogens (primary N) is 1. The van der Waals surface area contributed by atoms with Crippen molar-refractivity contribution in [3.8, 4) is 0 Å². The minimum Gasteiger partial charge on any atom is -0.383 e. The van der Waals surface area contributed by atoms with Crippen LogP contribution in [0.1, 0.15) is 19.4 Å². The molecule has 0 amide bonds. The Labute approximate surface area is 120 Å². The van der Waals surface area contributed by atoms with Crippen LogP contribution in [0.2, 0.25) is 0 Å². The fraction of sp³-hybridized carbons (Fsp3) is 0.692. The summed E-state index contributed by atoms with van der Waals surface area (Å²) >= 11 is 0. The molecule has 1 heterocycles. The summed E-state index contributed by atoms with van der Waals surface area (Å²) in [5.41, 5.74) is 3.62. The molecule has 1 rings (SSSR count). The number of hydrazine groups is 1. The molecule has 1 unspecified atom stereocenters. The Morgan fingerprint density at radius 2 is 2.10 bits per heavy atom. The summed E-state index contributed by atoms with van der Waals surface area (Å²) in [5, 5.41) is 0. The monoisotopic (exact) mass is 283 g/mol. The van der Waals surface area contributed by atoms with E-state index in [0.29, 0.717) is 19.0 Å². The molecule has 0 aliphatic carbocycles. The van der Waals surface area contributed by atoms with Gasteiger partial charge in [0.05, 0.1) is 19.3 Å². The second kappa shape index (κ2) is 8.68. The lowest BCUT2D eigenvalue weighted by Gasteiger charge is -2.31. The molecular formula is C13H25N5O2. The van der Waals surface area contributed by atoms with Gasteiger partial charge in [-0.05, 0) is 13.3 Å². The van der Waals surface area contributed by atoms with Gasteiger partial charge in [-0.3, -0.25) is 0 Å². The highest BCUT2D eigenvalue weighted by Crippen LogP contribution is 2.25. The molecule has 1 aromatic rings. The van der Waals surface area contributed by atoms with Crippen LogP contribution in [0, 0.1) is 0 Å². The normalized spacial score (nSPS) is 12.2. The van der Waals surface area contributed by atoms with Gasteiger partial charge >= 0.3 is 0 Å². The van der Waals surface area contributed by atoms with E-state index in [1.807, 2.05) is 0 Å². The number of nitrogens with one attached hydrogen (secondary N) is 1. The molecule has 0 fully saturated rings. The molecule has 0 saturated carbocycles. The Morgan fingerprint density at radius 3 is 2.65 bits per heavy atom. The van der Waals surface area contributed by atoms with Gasteiger partial charge in [0, 0.05) is 26.3 Å². The van der Waals surface area contributed by atoms with Crippen molar-refractivity contribution in [1.82, 2.24) is 9.97 Å². The van der Waals surface area contributed by atoms with Crippen LogP contribution in [-0.4, -0.2) is 50.0 Å². The minimum atomic E-state index is 0.181. The topological polar surface area (TPSA) is 85.5 Å². The molecular weight excluding hydrogens is 258 g/mol. The second-order valence-corrected chi connectivity index (χ2v) is 4.51. The Balaban J connectivity index is 3.11. The predicted molar refractivity (Wildman–Crippen MR) is 79.8 cm³/mol. The molecule has 0 spiro atoms. The largest absolute Gasteiger partial charge is 0.383 e. The van der Waals surface area contributed by atoms with Crippen molar-refractivity contribution < 1.29 is 9.47 Å². The van der Waals surface area contributed by atoms with Gasteiger partial charge < -0.3 is 19.8 Å². The van der Waals surface area contributed by atoms with E-state index in [-0.39, 0.29) is 6.04 Å². The van der Waals surface area contributed by atoms with E-state index >= 15 is 0 Å². The van der Waals surface area contributed by atoms with E-state index < -0.39 is 0 Å². The highest BCUT2D eigenvalue weighted by Gasteiger charge is 2.20. The van der Waals surface area contributed by atoms with Crippen LogP contribution >= 0.6 is 0 Å². The van der Waals surface area contributed by atoms with E-state index in [1.165, 1.54) is 6.33 Å². The number of ether oxygens (including phenoxy) is 2. The maximum atomic E-state index is 5.52. The third-order valence-electron chi connectivity index (χ3n) is 3.16. The SMILES string of the molecule is CCc1c(NN)ncnc1N(CCOC)C(C)COC. The molecule has 0 bridgehead atoms. The Morgan fingerprint density at radius 1 is 1.35 bits per heavy atom. The first kappa shape index (κ1) is 16.6.